The molecular weight excluding hydrogens is 241 g/mol. The van der Waals surface area contributed by atoms with Crippen LogP contribution in [0.1, 0.15) is 31.2 Å². The Balaban J connectivity index is 1.57. The summed E-state index contributed by atoms with van der Waals surface area (Å²) in [5.74, 6) is 0.268. The van der Waals surface area contributed by atoms with Gasteiger partial charge in [0.05, 0.1) is 11.9 Å². The number of anilines is 1. The minimum absolute atomic E-state index is 0.0789. The zero-order valence-corrected chi connectivity index (χ0v) is 11.0. The summed E-state index contributed by atoms with van der Waals surface area (Å²) < 4.78 is 15.5. The highest BCUT2D eigenvalue weighted by Gasteiger charge is 2.31. The van der Waals surface area contributed by atoms with E-state index in [1.54, 1.807) is 12.1 Å². The van der Waals surface area contributed by atoms with E-state index < -0.39 is 0 Å². The van der Waals surface area contributed by atoms with Crippen molar-refractivity contribution in [3.8, 4) is 0 Å². The molecule has 0 bridgehead atoms. The molecule has 0 unspecified atom stereocenters. The summed E-state index contributed by atoms with van der Waals surface area (Å²) >= 11 is 0. The fourth-order valence-electron chi connectivity index (χ4n) is 2.64. The first-order valence-electron chi connectivity index (χ1n) is 6.79. The predicted molar refractivity (Wildman–Crippen MR) is 73.7 cm³/mol. The molecule has 0 amide bonds. The molecule has 19 heavy (non-hydrogen) atoms. The van der Waals surface area contributed by atoms with Gasteiger partial charge in [-0.05, 0) is 37.3 Å². The van der Waals surface area contributed by atoms with E-state index in [0.717, 1.165) is 30.6 Å². The van der Waals surface area contributed by atoms with Crippen LogP contribution < -0.4 is 5.32 Å². The van der Waals surface area contributed by atoms with E-state index in [2.05, 4.69) is 17.3 Å². The standard InChI is InChI=1S/C15H18FN3/c1-2-19-10-13(9-17-19)18-12-7-11(8-12)14-5-3-4-6-15(14)16/h3-6,9-12,18H,2,7-8H2,1H3. The monoisotopic (exact) mass is 259 g/mol. The van der Waals surface area contributed by atoms with Gasteiger partial charge in [-0.2, -0.15) is 5.10 Å². The van der Waals surface area contributed by atoms with Gasteiger partial charge >= 0.3 is 0 Å². The van der Waals surface area contributed by atoms with E-state index in [-0.39, 0.29) is 5.82 Å². The molecule has 0 radical (unpaired) electrons. The summed E-state index contributed by atoms with van der Waals surface area (Å²) in [6.45, 7) is 2.94. The largest absolute Gasteiger partial charge is 0.380 e. The second kappa shape index (κ2) is 5.03. The van der Waals surface area contributed by atoms with E-state index in [1.807, 2.05) is 29.2 Å². The molecule has 1 N–H and O–H groups in total. The molecule has 0 saturated heterocycles. The fourth-order valence-corrected chi connectivity index (χ4v) is 2.64. The molecule has 1 fully saturated rings. The number of rotatable bonds is 4. The van der Waals surface area contributed by atoms with Crippen molar-refractivity contribution in [1.82, 2.24) is 9.78 Å². The molecule has 1 saturated carbocycles. The first kappa shape index (κ1) is 12.2. The molecule has 100 valence electrons. The van der Waals surface area contributed by atoms with Crippen molar-refractivity contribution < 1.29 is 4.39 Å². The molecule has 1 aromatic carbocycles. The predicted octanol–water partition coefficient (Wildman–Crippen LogP) is 3.40. The first-order valence-corrected chi connectivity index (χ1v) is 6.79. The van der Waals surface area contributed by atoms with Gasteiger partial charge in [0.2, 0.25) is 0 Å². The van der Waals surface area contributed by atoms with Crippen molar-refractivity contribution in [1.29, 1.82) is 0 Å². The third-order valence-electron chi connectivity index (χ3n) is 3.81. The van der Waals surface area contributed by atoms with Crippen LogP contribution in [0.5, 0.6) is 0 Å². The summed E-state index contributed by atoms with van der Waals surface area (Å²) in [7, 11) is 0. The minimum atomic E-state index is -0.0789. The van der Waals surface area contributed by atoms with E-state index in [4.69, 9.17) is 0 Å². The van der Waals surface area contributed by atoms with Gasteiger partial charge in [0.15, 0.2) is 0 Å². The summed E-state index contributed by atoms with van der Waals surface area (Å²) in [6, 6.07) is 7.52. The van der Waals surface area contributed by atoms with Gasteiger partial charge in [0.1, 0.15) is 5.82 Å². The Morgan fingerprint density at radius 3 is 2.84 bits per heavy atom. The molecule has 3 rings (SSSR count). The maximum absolute atomic E-state index is 13.6. The average molecular weight is 259 g/mol. The second-order valence-electron chi connectivity index (χ2n) is 5.12. The van der Waals surface area contributed by atoms with E-state index >= 15 is 0 Å². The Bertz CT molecular complexity index is 558. The van der Waals surface area contributed by atoms with Crippen molar-refractivity contribution in [2.45, 2.75) is 38.3 Å². The lowest BCUT2D eigenvalue weighted by atomic mass is 9.75. The lowest BCUT2D eigenvalue weighted by Crippen LogP contribution is -2.34. The molecule has 0 spiro atoms. The van der Waals surface area contributed by atoms with Crippen LogP contribution in [0.15, 0.2) is 36.7 Å². The molecule has 1 aliphatic rings. The number of hydrogen-bond acceptors (Lipinski definition) is 2. The summed E-state index contributed by atoms with van der Waals surface area (Å²) in [5.41, 5.74) is 1.91. The van der Waals surface area contributed by atoms with Gasteiger partial charge in [-0.15, -0.1) is 0 Å². The number of nitrogens with one attached hydrogen (secondary N) is 1. The minimum Gasteiger partial charge on any atom is -0.380 e. The molecule has 1 heterocycles. The van der Waals surface area contributed by atoms with Crippen molar-refractivity contribution >= 4 is 5.69 Å². The van der Waals surface area contributed by atoms with Crippen LogP contribution in [-0.4, -0.2) is 15.8 Å². The van der Waals surface area contributed by atoms with Crippen LogP contribution in [0.2, 0.25) is 0 Å². The Hall–Kier alpha value is -1.84. The summed E-state index contributed by atoms with van der Waals surface area (Å²) in [6.07, 6.45) is 5.83. The van der Waals surface area contributed by atoms with Gasteiger partial charge in [0.25, 0.3) is 0 Å². The summed E-state index contributed by atoms with van der Waals surface area (Å²) in [5, 5.41) is 7.68. The molecule has 4 heteroatoms. The lowest BCUT2D eigenvalue weighted by molar-refractivity contribution is 0.363. The van der Waals surface area contributed by atoms with E-state index in [1.165, 1.54) is 0 Å². The Morgan fingerprint density at radius 2 is 2.16 bits per heavy atom. The topological polar surface area (TPSA) is 29.9 Å². The third-order valence-corrected chi connectivity index (χ3v) is 3.81. The number of nitrogens with zero attached hydrogens (tertiary/aromatic N) is 2. The SMILES string of the molecule is CCn1cc(NC2CC(c3ccccc3F)C2)cn1. The Kier molecular flexibility index (Phi) is 3.23. The van der Waals surface area contributed by atoms with Crippen LogP contribution in [-0.2, 0) is 6.54 Å². The van der Waals surface area contributed by atoms with Gasteiger partial charge in [-0.25, -0.2) is 4.39 Å². The number of hydrogen-bond donors (Lipinski definition) is 1. The maximum atomic E-state index is 13.6. The molecule has 1 aromatic heterocycles. The lowest BCUT2D eigenvalue weighted by Gasteiger charge is -2.36. The maximum Gasteiger partial charge on any atom is 0.126 e. The Labute approximate surface area is 112 Å². The summed E-state index contributed by atoms with van der Waals surface area (Å²) in [4.78, 5) is 0. The highest BCUT2D eigenvalue weighted by Crippen LogP contribution is 2.39. The molecule has 2 aromatic rings. The smallest absolute Gasteiger partial charge is 0.126 e. The molecule has 1 aliphatic carbocycles. The molecule has 3 nitrogen and oxygen atoms in total. The third kappa shape index (κ3) is 2.48. The van der Waals surface area contributed by atoms with E-state index in [0.29, 0.717) is 12.0 Å². The molecular formula is C15H18FN3. The van der Waals surface area contributed by atoms with Crippen LogP contribution in [0, 0.1) is 5.82 Å². The first-order chi connectivity index (χ1) is 9.26. The normalized spacial score (nSPS) is 22.0. The van der Waals surface area contributed by atoms with Crippen molar-refractivity contribution in [2.75, 3.05) is 5.32 Å². The van der Waals surface area contributed by atoms with Crippen molar-refractivity contribution in [2.24, 2.45) is 0 Å². The van der Waals surface area contributed by atoms with E-state index in [9.17, 15) is 4.39 Å². The van der Waals surface area contributed by atoms with Crippen molar-refractivity contribution in [3.63, 3.8) is 0 Å². The van der Waals surface area contributed by atoms with Crippen LogP contribution in [0.25, 0.3) is 0 Å². The quantitative estimate of drug-likeness (QED) is 0.912. The highest BCUT2D eigenvalue weighted by molar-refractivity contribution is 5.41. The van der Waals surface area contributed by atoms with Gasteiger partial charge in [-0.1, -0.05) is 18.2 Å². The number of halogens is 1. The average Bonchev–Trinajstić information content (AvgIpc) is 2.82. The van der Waals surface area contributed by atoms with Crippen LogP contribution >= 0.6 is 0 Å². The Morgan fingerprint density at radius 1 is 1.37 bits per heavy atom. The number of benzene rings is 1. The number of aryl methyl sites for hydroxylation is 1. The van der Waals surface area contributed by atoms with Crippen molar-refractivity contribution in [3.05, 3.63) is 48.0 Å². The zero-order valence-electron chi connectivity index (χ0n) is 11.0. The molecule has 0 atom stereocenters. The number of aromatic nitrogens is 2. The van der Waals surface area contributed by atoms with Crippen LogP contribution in [0.4, 0.5) is 10.1 Å². The highest BCUT2D eigenvalue weighted by atomic mass is 19.1. The van der Waals surface area contributed by atoms with Gasteiger partial charge in [-0.3, -0.25) is 4.68 Å². The van der Waals surface area contributed by atoms with Crippen LogP contribution in [0.3, 0.4) is 0 Å². The van der Waals surface area contributed by atoms with Gasteiger partial charge < -0.3 is 5.32 Å². The molecule has 0 aliphatic heterocycles. The van der Waals surface area contributed by atoms with Gasteiger partial charge in [0, 0.05) is 18.8 Å². The fraction of sp³-hybridized carbons (Fsp3) is 0.400. The second-order valence-corrected chi connectivity index (χ2v) is 5.12. The zero-order chi connectivity index (χ0) is 13.2.